The Morgan fingerprint density at radius 3 is 2.67 bits per heavy atom. The second-order valence-electron chi connectivity index (χ2n) is 5.30. The lowest BCUT2D eigenvalue weighted by Crippen LogP contribution is -2.29. The van der Waals surface area contributed by atoms with Gasteiger partial charge in [-0.15, -0.1) is 0 Å². The fraction of sp³-hybridized carbons (Fsp3) is 0.235. The number of aryl methyl sites for hydroxylation is 1. The lowest BCUT2D eigenvalue weighted by atomic mass is 10.1. The summed E-state index contributed by atoms with van der Waals surface area (Å²) in [7, 11) is 0. The van der Waals surface area contributed by atoms with Crippen molar-refractivity contribution in [2.45, 2.75) is 13.3 Å². The topological polar surface area (TPSA) is 84.8 Å². The van der Waals surface area contributed by atoms with E-state index >= 15 is 0 Å². The van der Waals surface area contributed by atoms with Crippen LogP contribution < -0.4 is 0 Å². The quantitative estimate of drug-likeness (QED) is 0.797. The Kier molecular flexibility index (Phi) is 4.60. The van der Waals surface area contributed by atoms with Crippen molar-refractivity contribution in [3.05, 3.63) is 59.7 Å². The second kappa shape index (κ2) is 6.99. The minimum absolute atomic E-state index is 0.0725. The van der Waals surface area contributed by atoms with Crippen molar-refractivity contribution < 1.29 is 14.3 Å². The van der Waals surface area contributed by atoms with Crippen molar-refractivity contribution in [3.63, 3.8) is 0 Å². The lowest BCUT2D eigenvalue weighted by molar-refractivity contribution is -0.134. The molecule has 0 saturated heterocycles. The maximum absolute atomic E-state index is 12.1. The van der Waals surface area contributed by atoms with Crippen LogP contribution in [0.1, 0.15) is 28.2 Å². The van der Waals surface area contributed by atoms with Gasteiger partial charge in [0.05, 0.1) is 24.1 Å². The number of hydrogen-bond donors (Lipinski definition) is 0. The normalized spacial score (nSPS) is 13.5. The van der Waals surface area contributed by atoms with Crippen LogP contribution >= 0.6 is 0 Å². The molecule has 0 atom stereocenters. The van der Waals surface area contributed by atoms with Crippen molar-refractivity contribution in [3.8, 4) is 0 Å². The Morgan fingerprint density at radius 1 is 1.17 bits per heavy atom. The predicted molar refractivity (Wildman–Crippen MR) is 86.4 cm³/mol. The maximum atomic E-state index is 12.1. The fourth-order valence-corrected chi connectivity index (χ4v) is 2.24. The summed E-state index contributed by atoms with van der Waals surface area (Å²) in [6, 6.07) is 9.67. The molecule has 2 aromatic rings. The highest BCUT2D eigenvalue weighted by Gasteiger charge is 2.23. The number of rotatable bonds is 4. The van der Waals surface area contributed by atoms with Crippen molar-refractivity contribution in [2.75, 3.05) is 13.2 Å². The molecule has 0 N–H and O–H groups in total. The first-order valence-corrected chi connectivity index (χ1v) is 7.52. The number of esters is 1. The Hall–Kier alpha value is -3.09. The van der Waals surface area contributed by atoms with Crippen molar-refractivity contribution in [1.82, 2.24) is 15.0 Å². The first-order chi connectivity index (χ1) is 11.6. The largest absolute Gasteiger partial charge is 0.451 e. The fourth-order valence-electron chi connectivity index (χ4n) is 2.24. The van der Waals surface area contributed by atoms with E-state index in [0.29, 0.717) is 18.7 Å². The van der Waals surface area contributed by atoms with Gasteiger partial charge >= 0.3 is 5.97 Å². The molecule has 3 rings (SSSR count). The smallest absolute Gasteiger partial charge is 0.359 e. The van der Waals surface area contributed by atoms with Gasteiger partial charge in [-0.3, -0.25) is 9.78 Å². The second-order valence-corrected chi connectivity index (χ2v) is 5.30. The SMILES string of the molecule is Cc1cnc(C(=O)OCC(=O)N2CCC(c3ccccc3)=N2)cn1. The number of nitrogens with zero attached hydrogens (tertiary/aromatic N) is 4. The van der Waals surface area contributed by atoms with Crippen LogP contribution in [0.15, 0.2) is 47.8 Å². The average molecular weight is 324 g/mol. The molecule has 1 aliphatic heterocycles. The summed E-state index contributed by atoms with van der Waals surface area (Å²) in [6.45, 7) is 1.87. The summed E-state index contributed by atoms with van der Waals surface area (Å²) in [5.74, 6) is -1.04. The molecule has 0 aliphatic carbocycles. The van der Waals surface area contributed by atoms with E-state index in [1.807, 2.05) is 30.3 Å². The van der Waals surface area contributed by atoms with Gasteiger partial charge in [0.2, 0.25) is 0 Å². The minimum Gasteiger partial charge on any atom is -0.451 e. The highest BCUT2D eigenvalue weighted by Crippen LogP contribution is 2.13. The molecule has 0 unspecified atom stereocenters. The predicted octanol–water partition coefficient (Wildman–Crippen LogP) is 1.58. The van der Waals surface area contributed by atoms with Gasteiger partial charge in [-0.1, -0.05) is 30.3 Å². The molecule has 7 nitrogen and oxygen atoms in total. The first-order valence-electron chi connectivity index (χ1n) is 7.52. The lowest BCUT2D eigenvalue weighted by Gasteiger charge is -2.11. The van der Waals surface area contributed by atoms with Gasteiger partial charge in [0.25, 0.3) is 5.91 Å². The number of amides is 1. The summed E-state index contributed by atoms with van der Waals surface area (Å²) in [4.78, 5) is 31.8. The van der Waals surface area contributed by atoms with E-state index in [1.54, 1.807) is 6.92 Å². The van der Waals surface area contributed by atoms with E-state index in [9.17, 15) is 9.59 Å². The molecule has 122 valence electrons. The molecular weight excluding hydrogens is 308 g/mol. The number of aromatic nitrogens is 2. The Bertz CT molecular complexity index is 772. The standard InChI is InChI=1S/C17H16N4O3/c1-12-9-19-15(10-18-12)17(23)24-11-16(22)21-8-7-14(20-21)13-5-3-2-4-6-13/h2-6,9-10H,7-8,11H2,1H3. The molecule has 24 heavy (non-hydrogen) atoms. The molecule has 1 aromatic carbocycles. The molecule has 0 spiro atoms. The van der Waals surface area contributed by atoms with Crippen molar-refractivity contribution in [1.29, 1.82) is 0 Å². The van der Waals surface area contributed by atoms with Crippen LogP contribution in [-0.2, 0) is 9.53 Å². The molecule has 1 aliphatic rings. The molecule has 1 aromatic heterocycles. The Morgan fingerprint density at radius 2 is 1.96 bits per heavy atom. The van der Waals surface area contributed by atoms with E-state index in [4.69, 9.17) is 4.74 Å². The van der Waals surface area contributed by atoms with Crippen LogP contribution in [-0.4, -0.2) is 45.7 Å². The highest BCUT2D eigenvalue weighted by atomic mass is 16.5. The van der Waals surface area contributed by atoms with Crippen LogP contribution in [0.2, 0.25) is 0 Å². The van der Waals surface area contributed by atoms with Gasteiger partial charge in [0, 0.05) is 12.6 Å². The molecule has 0 bridgehead atoms. The van der Waals surface area contributed by atoms with Gasteiger partial charge in [0.15, 0.2) is 12.3 Å². The third-order valence-corrected chi connectivity index (χ3v) is 3.51. The number of carbonyl (C=O) groups is 2. The van der Waals surface area contributed by atoms with Gasteiger partial charge in [-0.2, -0.15) is 5.10 Å². The van der Waals surface area contributed by atoms with E-state index in [-0.39, 0.29) is 18.2 Å². The summed E-state index contributed by atoms with van der Waals surface area (Å²) in [5, 5.41) is 5.63. The molecular formula is C17H16N4O3. The van der Waals surface area contributed by atoms with Crippen LogP contribution in [0.4, 0.5) is 0 Å². The van der Waals surface area contributed by atoms with Crippen molar-refractivity contribution >= 4 is 17.6 Å². The average Bonchev–Trinajstić information content (AvgIpc) is 3.11. The zero-order chi connectivity index (χ0) is 16.9. The van der Waals surface area contributed by atoms with E-state index < -0.39 is 5.97 Å². The number of benzene rings is 1. The van der Waals surface area contributed by atoms with E-state index in [1.165, 1.54) is 17.4 Å². The minimum atomic E-state index is -0.678. The number of hydrogen-bond acceptors (Lipinski definition) is 6. The molecule has 0 radical (unpaired) electrons. The van der Waals surface area contributed by atoms with Gasteiger partial charge in [0.1, 0.15) is 0 Å². The van der Waals surface area contributed by atoms with Crippen LogP contribution in [0.25, 0.3) is 0 Å². The van der Waals surface area contributed by atoms with Gasteiger partial charge < -0.3 is 4.74 Å². The maximum Gasteiger partial charge on any atom is 0.359 e. The monoisotopic (exact) mass is 324 g/mol. The van der Waals surface area contributed by atoms with Gasteiger partial charge in [-0.05, 0) is 12.5 Å². The van der Waals surface area contributed by atoms with Crippen molar-refractivity contribution in [2.24, 2.45) is 5.10 Å². The molecule has 1 amide bonds. The molecule has 2 heterocycles. The third-order valence-electron chi connectivity index (χ3n) is 3.51. The summed E-state index contributed by atoms with van der Waals surface area (Å²) < 4.78 is 4.98. The van der Waals surface area contributed by atoms with Crippen LogP contribution in [0.5, 0.6) is 0 Å². The Labute approximate surface area is 139 Å². The molecule has 0 saturated carbocycles. The number of carbonyl (C=O) groups excluding carboxylic acids is 2. The number of hydrazone groups is 1. The van der Waals surface area contributed by atoms with E-state index in [0.717, 1.165) is 11.3 Å². The number of ether oxygens (including phenoxy) is 1. The van der Waals surface area contributed by atoms with Crippen LogP contribution in [0.3, 0.4) is 0 Å². The van der Waals surface area contributed by atoms with E-state index in [2.05, 4.69) is 15.1 Å². The molecule has 0 fully saturated rings. The highest BCUT2D eigenvalue weighted by molar-refractivity contribution is 6.02. The zero-order valence-corrected chi connectivity index (χ0v) is 13.2. The summed E-state index contributed by atoms with van der Waals surface area (Å²) >= 11 is 0. The zero-order valence-electron chi connectivity index (χ0n) is 13.2. The van der Waals surface area contributed by atoms with Gasteiger partial charge in [-0.25, -0.2) is 14.8 Å². The summed E-state index contributed by atoms with van der Waals surface area (Å²) in [5.41, 5.74) is 2.60. The summed E-state index contributed by atoms with van der Waals surface area (Å²) in [6.07, 6.45) is 3.46. The third kappa shape index (κ3) is 3.62. The van der Waals surface area contributed by atoms with Crippen LogP contribution in [0, 0.1) is 6.92 Å². The first kappa shape index (κ1) is 15.8. The Balaban J connectivity index is 1.57. The molecule has 7 heteroatoms.